The van der Waals surface area contributed by atoms with Crippen LogP contribution in [0.5, 0.6) is 0 Å². The zero-order valence-electron chi connectivity index (χ0n) is 18.5. The maximum Gasteiger partial charge on any atom is 0.334 e. The monoisotopic (exact) mass is 471 g/mol. The standard InChI is InChI=1S/C24H24ClF2N5O/c1-4-31-23-18(7-5-14(2)30-23)17-8-6-15(25)11-21(17)32(24(31)33)22-19(26)12-16(13-20(22)27)29-10-9-28-3/h5-8,11-13,28-29H,4,9-10H2,1-3H3. The van der Waals surface area contributed by atoms with Gasteiger partial charge >= 0.3 is 6.03 Å². The van der Waals surface area contributed by atoms with Gasteiger partial charge in [-0.1, -0.05) is 17.7 Å². The Kier molecular flexibility index (Phi) is 6.49. The van der Waals surface area contributed by atoms with Crippen molar-refractivity contribution in [2.45, 2.75) is 13.8 Å². The van der Waals surface area contributed by atoms with Crippen LogP contribution in [0.1, 0.15) is 12.6 Å². The van der Waals surface area contributed by atoms with Crippen molar-refractivity contribution in [1.82, 2.24) is 10.3 Å². The first-order valence-corrected chi connectivity index (χ1v) is 11.0. The molecule has 0 saturated carbocycles. The van der Waals surface area contributed by atoms with Crippen LogP contribution < -0.4 is 20.4 Å². The van der Waals surface area contributed by atoms with Crippen molar-refractivity contribution < 1.29 is 13.6 Å². The molecule has 2 aromatic carbocycles. The third-order valence-electron chi connectivity index (χ3n) is 5.44. The first-order valence-electron chi connectivity index (χ1n) is 10.6. The van der Waals surface area contributed by atoms with E-state index < -0.39 is 23.4 Å². The Morgan fingerprint density at radius 1 is 1.03 bits per heavy atom. The molecule has 0 spiro atoms. The highest BCUT2D eigenvalue weighted by molar-refractivity contribution is 6.31. The Labute approximate surface area is 196 Å². The van der Waals surface area contributed by atoms with Crippen molar-refractivity contribution in [3.8, 4) is 11.1 Å². The number of likely N-dealkylation sites (N-methyl/N-ethyl adjacent to an activating group) is 1. The summed E-state index contributed by atoms with van der Waals surface area (Å²) in [6.45, 7) is 4.97. The smallest absolute Gasteiger partial charge is 0.334 e. The Balaban J connectivity index is 1.93. The van der Waals surface area contributed by atoms with Crippen LogP contribution in [0.2, 0.25) is 5.02 Å². The Morgan fingerprint density at radius 2 is 1.73 bits per heavy atom. The molecule has 0 fully saturated rings. The van der Waals surface area contributed by atoms with Gasteiger partial charge in [-0.25, -0.2) is 18.6 Å². The fourth-order valence-corrected chi connectivity index (χ4v) is 4.07. The summed E-state index contributed by atoms with van der Waals surface area (Å²) in [5.74, 6) is -1.31. The van der Waals surface area contributed by atoms with Crippen LogP contribution in [0.25, 0.3) is 11.1 Å². The lowest BCUT2D eigenvalue weighted by atomic mass is 10.0. The molecular formula is C24H24ClF2N5O. The van der Waals surface area contributed by atoms with E-state index in [0.29, 0.717) is 35.1 Å². The van der Waals surface area contributed by atoms with Gasteiger partial charge < -0.3 is 10.6 Å². The minimum absolute atomic E-state index is 0.257. The van der Waals surface area contributed by atoms with E-state index in [4.69, 9.17) is 11.6 Å². The lowest BCUT2D eigenvalue weighted by Gasteiger charge is -2.28. The normalized spacial score (nSPS) is 13.0. The number of aryl methyl sites for hydroxylation is 1. The largest absolute Gasteiger partial charge is 0.384 e. The molecule has 0 aliphatic carbocycles. The zero-order chi connectivity index (χ0) is 23.7. The summed E-state index contributed by atoms with van der Waals surface area (Å²) >= 11 is 6.26. The van der Waals surface area contributed by atoms with E-state index in [-0.39, 0.29) is 17.9 Å². The number of aromatic nitrogens is 1. The van der Waals surface area contributed by atoms with Crippen molar-refractivity contribution >= 4 is 40.5 Å². The van der Waals surface area contributed by atoms with Crippen molar-refractivity contribution in [1.29, 1.82) is 0 Å². The molecular weight excluding hydrogens is 448 g/mol. The Hall–Kier alpha value is -3.23. The topological polar surface area (TPSA) is 60.5 Å². The van der Waals surface area contributed by atoms with Gasteiger partial charge in [0, 0.05) is 47.2 Å². The van der Waals surface area contributed by atoms with E-state index in [1.807, 2.05) is 19.1 Å². The molecule has 0 unspecified atom stereocenters. The molecule has 6 nitrogen and oxygen atoms in total. The number of nitrogens with zero attached hydrogens (tertiary/aromatic N) is 3. The first kappa shape index (κ1) is 22.9. The zero-order valence-corrected chi connectivity index (χ0v) is 19.3. The highest BCUT2D eigenvalue weighted by Crippen LogP contribution is 2.45. The van der Waals surface area contributed by atoms with Gasteiger partial charge in [0.1, 0.15) is 11.5 Å². The van der Waals surface area contributed by atoms with Gasteiger partial charge in [0.15, 0.2) is 11.6 Å². The quantitative estimate of drug-likeness (QED) is 0.451. The molecule has 33 heavy (non-hydrogen) atoms. The van der Waals surface area contributed by atoms with Gasteiger partial charge in [-0.05, 0) is 57.3 Å². The van der Waals surface area contributed by atoms with Crippen molar-refractivity contribution in [2.24, 2.45) is 0 Å². The molecule has 0 atom stereocenters. The Bertz CT molecular complexity index is 1200. The van der Waals surface area contributed by atoms with Crippen LogP contribution in [-0.2, 0) is 0 Å². The maximum atomic E-state index is 15.4. The van der Waals surface area contributed by atoms with Gasteiger partial charge in [0.25, 0.3) is 0 Å². The molecule has 2 amide bonds. The number of halogens is 3. The minimum Gasteiger partial charge on any atom is -0.384 e. The molecule has 1 aliphatic heterocycles. The van der Waals surface area contributed by atoms with E-state index >= 15 is 8.78 Å². The van der Waals surface area contributed by atoms with E-state index in [0.717, 1.165) is 10.6 Å². The summed E-state index contributed by atoms with van der Waals surface area (Å²) < 4.78 is 30.7. The molecule has 2 N–H and O–H groups in total. The molecule has 3 aromatic rings. The number of carbonyl (C=O) groups excluding carboxylic acids is 1. The van der Waals surface area contributed by atoms with Gasteiger partial charge in [-0.15, -0.1) is 0 Å². The molecule has 2 heterocycles. The van der Waals surface area contributed by atoms with E-state index in [2.05, 4.69) is 15.6 Å². The van der Waals surface area contributed by atoms with Crippen LogP contribution in [0, 0.1) is 18.6 Å². The number of anilines is 4. The highest BCUT2D eigenvalue weighted by atomic mass is 35.5. The SMILES string of the molecule is CCN1C(=O)N(c2c(F)cc(NCCNC)cc2F)c2cc(Cl)ccc2-c2ccc(C)nc21. The highest BCUT2D eigenvalue weighted by Gasteiger charge is 2.36. The number of carbonyl (C=O) groups is 1. The van der Waals surface area contributed by atoms with Crippen LogP contribution in [0.3, 0.4) is 0 Å². The lowest BCUT2D eigenvalue weighted by molar-refractivity contribution is 0.253. The van der Waals surface area contributed by atoms with Crippen molar-refractivity contribution in [3.05, 3.63) is 64.8 Å². The molecule has 172 valence electrons. The second-order valence-corrected chi connectivity index (χ2v) is 8.10. The van der Waals surface area contributed by atoms with Crippen LogP contribution in [-0.4, -0.2) is 37.7 Å². The predicted molar refractivity (Wildman–Crippen MR) is 129 cm³/mol. The fraction of sp³-hybridized carbons (Fsp3) is 0.250. The summed E-state index contributed by atoms with van der Waals surface area (Å²) in [6.07, 6.45) is 0. The molecule has 0 radical (unpaired) electrons. The number of benzene rings is 2. The summed E-state index contributed by atoms with van der Waals surface area (Å²) in [7, 11) is 1.79. The van der Waals surface area contributed by atoms with Crippen molar-refractivity contribution in [3.63, 3.8) is 0 Å². The number of hydrogen-bond acceptors (Lipinski definition) is 4. The predicted octanol–water partition coefficient (Wildman–Crippen LogP) is 5.72. The van der Waals surface area contributed by atoms with E-state index in [9.17, 15) is 4.79 Å². The average Bonchev–Trinajstić information content (AvgIpc) is 2.86. The number of amides is 2. The third kappa shape index (κ3) is 4.24. The minimum atomic E-state index is -0.868. The number of urea groups is 1. The second-order valence-electron chi connectivity index (χ2n) is 7.67. The van der Waals surface area contributed by atoms with Crippen molar-refractivity contribution in [2.75, 3.05) is 41.8 Å². The number of nitrogens with one attached hydrogen (secondary N) is 2. The van der Waals surface area contributed by atoms with E-state index in [1.165, 1.54) is 23.1 Å². The van der Waals surface area contributed by atoms with Gasteiger partial charge in [0.2, 0.25) is 0 Å². The van der Waals surface area contributed by atoms with Gasteiger partial charge in [-0.2, -0.15) is 0 Å². The molecule has 4 rings (SSSR count). The summed E-state index contributed by atoms with van der Waals surface area (Å²) in [5, 5.41) is 6.26. The first-order chi connectivity index (χ1) is 15.8. The Morgan fingerprint density at radius 3 is 2.39 bits per heavy atom. The van der Waals surface area contributed by atoms with Crippen LogP contribution >= 0.6 is 11.6 Å². The van der Waals surface area contributed by atoms with Gasteiger partial charge in [0.05, 0.1) is 5.69 Å². The summed E-state index contributed by atoms with van der Waals surface area (Å²) in [4.78, 5) is 20.8. The second kappa shape index (κ2) is 9.33. The molecule has 1 aromatic heterocycles. The average molecular weight is 472 g/mol. The number of pyridine rings is 1. The van der Waals surface area contributed by atoms with Crippen LogP contribution in [0.4, 0.5) is 36.5 Å². The summed E-state index contributed by atoms with van der Waals surface area (Å²) in [5.41, 5.74) is 2.09. The maximum absolute atomic E-state index is 15.4. The third-order valence-corrected chi connectivity index (χ3v) is 5.68. The van der Waals surface area contributed by atoms with E-state index in [1.54, 1.807) is 26.1 Å². The number of rotatable bonds is 6. The number of hydrogen-bond donors (Lipinski definition) is 2. The molecule has 1 aliphatic rings. The number of fused-ring (bicyclic) bond motifs is 3. The molecule has 0 bridgehead atoms. The molecule has 0 saturated heterocycles. The fourth-order valence-electron chi connectivity index (χ4n) is 3.91. The van der Waals surface area contributed by atoms with Crippen LogP contribution in [0.15, 0.2) is 42.5 Å². The van der Waals surface area contributed by atoms with Gasteiger partial charge in [-0.3, -0.25) is 9.80 Å². The molecule has 9 heteroatoms. The lowest BCUT2D eigenvalue weighted by Crippen LogP contribution is -2.41. The summed E-state index contributed by atoms with van der Waals surface area (Å²) in [6, 6.07) is 10.4.